The molecule has 0 unspecified atom stereocenters. The topological polar surface area (TPSA) is 82.1 Å². The van der Waals surface area contributed by atoms with Crippen LogP contribution in [-0.4, -0.2) is 48.1 Å². The van der Waals surface area contributed by atoms with Gasteiger partial charge in [0.15, 0.2) is 0 Å². The third-order valence-electron chi connectivity index (χ3n) is 6.10. The summed E-state index contributed by atoms with van der Waals surface area (Å²) in [4.78, 5) is 41.8. The Kier molecular flexibility index (Phi) is 10.5. The van der Waals surface area contributed by atoms with Crippen molar-refractivity contribution in [2.45, 2.75) is 72.8 Å². The molecule has 1 aromatic carbocycles. The maximum absolute atomic E-state index is 13.5. The zero-order valence-corrected chi connectivity index (χ0v) is 25.3. The number of carbonyl (C=O) groups is 3. The molecule has 10 heteroatoms. The van der Waals surface area contributed by atoms with E-state index in [4.69, 9.17) is 26.4 Å². The summed E-state index contributed by atoms with van der Waals surface area (Å²) in [6.07, 6.45) is 3.22. The van der Waals surface area contributed by atoms with Gasteiger partial charge in [-0.3, -0.25) is 4.79 Å². The molecule has 0 fully saturated rings. The van der Waals surface area contributed by atoms with Gasteiger partial charge in [-0.2, -0.15) is 0 Å². The Bertz CT molecular complexity index is 1160. The first-order chi connectivity index (χ1) is 18.1. The normalized spacial score (nSPS) is 16.5. The molecule has 0 atom stereocenters. The van der Waals surface area contributed by atoms with E-state index in [0.717, 1.165) is 54.0 Å². The number of amides is 1. The predicted octanol–water partition coefficient (Wildman–Crippen LogP) is 6.65. The lowest BCUT2D eigenvalue weighted by molar-refractivity contribution is -0.140. The fraction of sp³-hybridized carbons (Fsp3) is 0.500. The van der Waals surface area contributed by atoms with Crippen LogP contribution in [0.15, 0.2) is 32.2 Å². The van der Waals surface area contributed by atoms with E-state index in [1.165, 1.54) is 0 Å². The smallest absolute Gasteiger partial charge is 0.346 e. The minimum Gasteiger partial charge on any atom is -0.494 e. The highest BCUT2D eigenvalue weighted by atomic mass is 32.2. The van der Waals surface area contributed by atoms with Gasteiger partial charge in [-0.25, -0.2) is 9.59 Å². The van der Waals surface area contributed by atoms with Crippen molar-refractivity contribution in [2.24, 2.45) is 0 Å². The lowest BCUT2D eigenvalue weighted by Crippen LogP contribution is -2.55. The maximum Gasteiger partial charge on any atom is 0.346 e. The van der Waals surface area contributed by atoms with Gasteiger partial charge in [0.25, 0.3) is 0 Å². The van der Waals surface area contributed by atoms with E-state index in [0.29, 0.717) is 33.5 Å². The monoisotopic (exact) mass is 577 g/mol. The maximum atomic E-state index is 13.5. The molecule has 7 nitrogen and oxygen atoms in total. The van der Waals surface area contributed by atoms with E-state index in [-0.39, 0.29) is 28.9 Å². The molecule has 0 saturated heterocycles. The molecule has 0 aliphatic carbocycles. The van der Waals surface area contributed by atoms with Crippen molar-refractivity contribution in [3.05, 3.63) is 37.8 Å². The molecule has 1 aromatic rings. The number of thioether (sulfide) groups is 2. The summed E-state index contributed by atoms with van der Waals surface area (Å²) in [6.45, 7) is 12.1. The van der Waals surface area contributed by atoms with E-state index in [2.05, 4.69) is 6.92 Å². The van der Waals surface area contributed by atoms with Crippen LogP contribution in [0.1, 0.15) is 72.8 Å². The third kappa shape index (κ3) is 6.13. The number of rotatable bonds is 10. The summed E-state index contributed by atoms with van der Waals surface area (Å²) in [5, 5.41) is 0. The lowest BCUT2D eigenvalue weighted by atomic mass is 9.83. The number of hydrogen-bond donors (Lipinski definition) is 0. The Balaban J connectivity index is 2.19. The summed E-state index contributed by atoms with van der Waals surface area (Å²) in [5.41, 5.74) is 1.33. The molecule has 0 saturated carbocycles. The van der Waals surface area contributed by atoms with E-state index < -0.39 is 17.5 Å². The molecule has 0 spiro atoms. The Morgan fingerprint density at radius 1 is 0.921 bits per heavy atom. The van der Waals surface area contributed by atoms with Crippen LogP contribution in [0.4, 0.5) is 5.69 Å². The van der Waals surface area contributed by atoms with Crippen LogP contribution in [0, 0.1) is 0 Å². The summed E-state index contributed by atoms with van der Waals surface area (Å²) < 4.78 is 16.9. The number of ether oxygens (including phenoxy) is 3. The van der Waals surface area contributed by atoms with Crippen LogP contribution in [0.25, 0.3) is 5.57 Å². The Morgan fingerprint density at radius 2 is 1.53 bits per heavy atom. The van der Waals surface area contributed by atoms with Gasteiger partial charge >= 0.3 is 11.9 Å². The molecular weight excluding hydrogens is 543 g/mol. The van der Waals surface area contributed by atoms with E-state index in [9.17, 15) is 14.4 Å². The first-order valence-corrected chi connectivity index (χ1v) is 15.0. The lowest BCUT2D eigenvalue weighted by Gasteiger charge is -2.45. The SMILES string of the molecule is CCCCCC(=O)N1c2ccc(OCC)cc2C(=C2SC(C(=O)OCC)=C(C(=O)OCC)S2)C(=S)C1(C)C. The predicted molar refractivity (Wildman–Crippen MR) is 158 cm³/mol. The number of anilines is 1. The van der Waals surface area contributed by atoms with Crippen LogP contribution in [0.5, 0.6) is 5.75 Å². The number of hydrogen-bond acceptors (Lipinski definition) is 9. The molecule has 2 aliphatic rings. The second kappa shape index (κ2) is 13.2. The molecule has 1 amide bonds. The van der Waals surface area contributed by atoms with Gasteiger partial charge in [0.2, 0.25) is 5.91 Å². The van der Waals surface area contributed by atoms with Gasteiger partial charge in [-0.1, -0.05) is 55.5 Å². The molecule has 2 heterocycles. The van der Waals surface area contributed by atoms with Crippen molar-refractivity contribution in [3.63, 3.8) is 0 Å². The quantitative estimate of drug-likeness (QED) is 0.131. The van der Waals surface area contributed by atoms with Crippen LogP contribution in [-0.2, 0) is 23.9 Å². The molecule has 0 N–H and O–H groups in total. The number of fused-ring (bicyclic) bond motifs is 1. The fourth-order valence-electron chi connectivity index (χ4n) is 4.35. The first-order valence-electron chi connectivity index (χ1n) is 13.0. The zero-order valence-electron chi connectivity index (χ0n) is 22.8. The number of unbranched alkanes of at least 4 members (excludes halogenated alkanes) is 2. The van der Waals surface area contributed by atoms with Crippen molar-refractivity contribution in [1.29, 1.82) is 0 Å². The van der Waals surface area contributed by atoms with Gasteiger partial charge in [-0.05, 0) is 59.2 Å². The van der Waals surface area contributed by atoms with Crippen LogP contribution in [0.3, 0.4) is 0 Å². The average Bonchev–Trinajstić information content (AvgIpc) is 3.31. The van der Waals surface area contributed by atoms with Gasteiger partial charge in [0.1, 0.15) is 15.6 Å². The number of nitrogens with zero attached hydrogens (tertiary/aromatic N) is 1. The minimum atomic E-state index is -0.820. The van der Waals surface area contributed by atoms with Crippen molar-refractivity contribution in [2.75, 3.05) is 24.7 Å². The fourth-order valence-corrected chi connectivity index (χ4v) is 7.33. The van der Waals surface area contributed by atoms with Gasteiger partial charge in [0.05, 0.1) is 40.1 Å². The standard InChI is InChI=1S/C28H35NO6S3/c1-7-11-12-13-20(30)29-19-15-14-17(33-8-2)16-18(19)21(24(36)28(29,5)6)27-37-22(25(31)34-9-3)23(38-27)26(32)35-10-4/h14-16H,7-13H2,1-6H3. The van der Waals surface area contributed by atoms with Gasteiger partial charge < -0.3 is 19.1 Å². The molecule has 0 radical (unpaired) electrons. The average molecular weight is 578 g/mol. The number of benzene rings is 1. The summed E-state index contributed by atoms with van der Waals surface area (Å²) >= 11 is 8.37. The van der Waals surface area contributed by atoms with Crippen molar-refractivity contribution in [1.82, 2.24) is 0 Å². The molecule has 2 aliphatic heterocycles. The zero-order chi connectivity index (χ0) is 28.0. The Labute approximate surface area is 238 Å². The second-order valence-electron chi connectivity index (χ2n) is 9.15. The summed E-state index contributed by atoms with van der Waals surface area (Å²) in [6, 6.07) is 5.61. The van der Waals surface area contributed by atoms with Gasteiger partial charge in [0, 0.05) is 17.6 Å². The van der Waals surface area contributed by atoms with E-state index in [1.54, 1.807) is 18.7 Å². The van der Waals surface area contributed by atoms with E-state index >= 15 is 0 Å². The second-order valence-corrected chi connectivity index (χ2v) is 11.9. The van der Waals surface area contributed by atoms with Crippen molar-refractivity contribution in [3.8, 4) is 5.75 Å². The van der Waals surface area contributed by atoms with Gasteiger partial charge in [-0.15, -0.1) is 0 Å². The number of thiocarbonyl (C=S) groups is 1. The van der Waals surface area contributed by atoms with E-state index in [1.807, 2.05) is 39.0 Å². The Morgan fingerprint density at radius 3 is 2.05 bits per heavy atom. The highest BCUT2D eigenvalue weighted by Gasteiger charge is 2.46. The number of esters is 2. The molecule has 0 bridgehead atoms. The largest absolute Gasteiger partial charge is 0.494 e. The molecular formula is C28H35NO6S3. The Hall–Kier alpha value is -2.30. The molecule has 3 rings (SSSR count). The minimum absolute atomic E-state index is 0.00420. The highest BCUT2D eigenvalue weighted by Crippen LogP contribution is 2.56. The molecule has 38 heavy (non-hydrogen) atoms. The van der Waals surface area contributed by atoms with Crippen molar-refractivity contribution >= 4 is 69.7 Å². The van der Waals surface area contributed by atoms with Crippen LogP contribution < -0.4 is 9.64 Å². The third-order valence-corrected chi connectivity index (χ3v) is 9.36. The van der Waals surface area contributed by atoms with Crippen molar-refractivity contribution < 1.29 is 28.6 Å². The molecule has 0 aromatic heterocycles. The highest BCUT2D eigenvalue weighted by molar-refractivity contribution is 8.29. The summed E-state index contributed by atoms with van der Waals surface area (Å²) in [5.74, 6) is -0.520. The molecule has 206 valence electrons. The van der Waals surface area contributed by atoms with Crippen LogP contribution in [0.2, 0.25) is 0 Å². The first kappa shape index (κ1) is 30.2. The van der Waals surface area contributed by atoms with Crippen LogP contribution >= 0.6 is 35.7 Å². The number of carbonyl (C=O) groups excluding carboxylic acids is 3. The summed E-state index contributed by atoms with van der Waals surface area (Å²) in [7, 11) is 0.